The molecule has 2 aromatic rings. The van der Waals surface area contributed by atoms with E-state index in [4.69, 9.17) is 0 Å². The predicted molar refractivity (Wildman–Crippen MR) is 89.2 cm³/mol. The lowest BCUT2D eigenvalue weighted by atomic mass is 10.0. The zero-order valence-corrected chi connectivity index (χ0v) is 13.9. The topological polar surface area (TPSA) is 89.3 Å². The maximum Gasteiger partial charge on any atom is 0.273 e. The molecular weight excluding hydrogens is 316 g/mol. The van der Waals surface area contributed by atoms with Crippen molar-refractivity contribution in [3.63, 3.8) is 0 Å². The molecule has 0 radical (unpaired) electrons. The second-order valence-corrected chi connectivity index (χ2v) is 7.19. The van der Waals surface area contributed by atoms with Gasteiger partial charge in [-0.2, -0.15) is 0 Å². The standard InChI is InChI=1S/C16H18N2O4S/c1-11(2)13-6-4-7-14(10-13)17-23(21,22)16-9-5-8-15(12(16)3)18(19)20/h4-11,17H,1-3H3. The molecule has 122 valence electrons. The number of anilines is 1. The Morgan fingerprint density at radius 2 is 1.78 bits per heavy atom. The summed E-state index contributed by atoms with van der Waals surface area (Å²) in [6.07, 6.45) is 0. The van der Waals surface area contributed by atoms with Crippen LogP contribution in [0.15, 0.2) is 47.4 Å². The second kappa shape index (κ2) is 6.37. The van der Waals surface area contributed by atoms with Gasteiger partial charge in [-0.05, 0) is 36.6 Å². The van der Waals surface area contributed by atoms with Crippen LogP contribution < -0.4 is 4.72 Å². The van der Waals surface area contributed by atoms with Gasteiger partial charge in [0, 0.05) is 17.3 Å². The minimum Gasteiger partial charge on any atom is -0.280 e. The number of hydrogen-bond donors (Lipinski definition) is 1. The Bertz CT molecular complexity index is 845. The van der Waals surface area contributed by atoms with Crippen molar-refractivity contribution in [1.82, 2.24) is 0 Å². The van der Waals surface area contributed by atoms with E-state index in [0.717, 1.165) is 5.56 Å². The first-order valence-electron chi connectivity index (χ1n) is 7.09. The normalized spacial score (nSPS) is 11.5. The first-order chi connectivity index (χ1) is 10.7. The Morgan fingerprint density at radius 3 is 2.39 bits per heavy atom. The van der Waals surface area contributed by atoms with Crippen molar-refractivity contribution in [2.24, 2.45) is 0 Å². The molecule has 0 bridgehead atoms. The lowest BCUT2D eigenvalue weighted by molar-refractivity contribution is -0.385. The SMILES string of the molecule is Cc1c([N+](=O)[O-])cccc1S(=O)(=O)Nc1cccc(C(C)C)c1. The molecule has 0 unspecified atom stereocenters. The Morgan fingerprint density at radius 1 is 1.13 bits per heavy atom. The van der Waals surface area contributed by atoms with Crippen LogP contribution >= 0.6 is 0 Å². The van der Waals surface area contributed by atoms with Crippen LogP contribution in [-0.2, 0) is 10.0 Å². The average Bonchev–Trinajstić information content (AvgIpc) is 2.46. The summed E-state index contributed by atoms with van der Waals surface area (Å²) in [7, 11) is -3.90. The molecule has 0 saturated heterocycles. The van der Waals surface area contributed by atoms with Crippen molar-refractivity contribution in [1.29, 1.82) is 0 Å². The lowest BCUT2D eigenvalue weighted by Gasteiger charge is -2.12. The van der Waals surface area contributed by atoms with Gasteiger partial charge in [0.2, 0.25) is 0 Å². The number of nitrogens with one attached hydrogen (secondary N) is 1. The van der Waals surface area contributed by atoms with E-state index < -0.39 is 14.9 Å². The largest absolute Gasteiger partial charge is 0.280 e. The molecule has 0 aliphatic carbocycles. The van der Waals surface area contributed by atoms with Crippen molar-refractivity contribution < 1.29 is 13.3 Å². The average molecular weight is 334 g/mol. The van der Waals surface area contributed by atoms with Gasteiger partial charge in [-0.3, -0.25) is 14.8 Å². The van der Waals surface area contributed by atoms with E-state index in [1.807, 2.05) is 19.9 Å². The maximum atomic E-state index is 12.5. The zero-order valence-electron chi connectivity index (χ0n) is 13.1. The predicted octanol–water partition coefficient (Wildman–Crippen LogP) is 3.83. The summed E-state index contributed by atoms with van der Waals surface area (Å²) in [5, 5.41) is 11.0. The molecule has 0 fully saturated rings. The van der Waals surface area contributed by atoms with Gasteiger partial charge < -0.3 is 0 Å². The van der Waals surface area contributed by atoms with E-state index in [1.54, 1.807) is 18.2 Å². The van der Waals surface area contributed by atoms with Crippen LogP contribution in [0.4, 0.5) is 11.4 Å². The van der Waals surface area contributed by atoms with E-state index in [1.165, 1.54) is 25.1 Å². The summed E-state index contributed by atoms with van der Waals surface area (Å²) >= 11 is 0. The number of nitro groups is 1. The third-order valence-corrected chi connectivity index (χ3v) is 5.07. The van der Waals surface area contributed by atoms with Gasteiger partial charge in [-0.15, -0.1) is 0 Å². The van der Waals surface area contributed by atoms with Gasteiger partial charge in [0.15, 0.2) is 0 Å². The second-order valence-electron chi connectivity index (χ2n) is 5.54. The van der Waals surface area contributed by atoms with Crippen LogP contribution in [-0.4, -0.2) is 13.3 Å². The fourth-order valence-electron chi connectivity index (χ4n) is 2.26. The molecule has 0 aliphatic heterocycles. The van der Waals surface area contributed by atoms with Gasteiger partial charge in [0.25, 0.3) is 15.7 Å². The Balaban J connectivity index is 2.42. The van der Waals surface area contributed by atoms with Crippen LogP contribution in [0.2, 0.25) is 0 Å². The number of nitro benzene ring substituents is 1. The summed E-state index contributed by atoms with van der Waals surface area (Å²) in [6, 6.07) is 11.1. The Hall–Kier alpha value is -2.41. The molecule has 0 heterocycles. The number of nitrogens with zero attached hydrogens (tertiary/aromatic N) is 1. The highest BCUT2D eigenvalue weighted by molar-refractivity contribution is 7.92. The van der Waals surface area contributed by atoms with Gasteiger partial charge in [-0.1, -0.05) is 32.0 Å². The molecule has 0 aromatic heterocycles. The van der Waals surface area contributed by atoms with Crippen LogP contribution in [0.1, 0.15) is 30.9 Å². The highest BCUT2D eigenvalue weighted by atomic mass is 32.2. The Kier molecular flexibility index (Phi) is 4.70. The molecule has 2 rings (SSSR count). The van der Waals surface area contributed by atoms with Crippen LogP contribution in [0.5, 0.6) is 0 Å². The van der Waals surface area contributed by atoms with E-state index in [0.29, 0.717) is 5.69 Å². The molecule has 0 aliphatic rings. The van der Waals surface area contributed by atoms with Crippen molar-refractivity contribution >= 4 is 21.4 Å². The van der Waals surface area contributed by atoms with Crippen LogP contribution in [0.3, 0.4) is 0 Å². The minimum atomic E-state index is -3.90. The van der Waals surface area contributed by atoms with E-state index in [-0.39, 0.29) is 22.1 Å². The van der Waals surface area contributed by atoms with E-state index in [2.05, 4.69) is 4.72 Å². The molecule has 0 amide bonds. The first kappa shape index (κ1) is 17.0. The third-order valence-electron chi connectivity index (χ3n) is 3.55. The summed E-state index contributed by atoms with van der Waals surface area (Å²) in [4.78, 5) is 10.3. The van der Waals surface area contributed by atoms with Crippen LogP contribution in [0, 0.1) is 17.0 Å². The molecular formula is C16H18N2O4S. The molecule has 2 aromatic carbocycles. The molecule has 23 heavy (non-hydrogen) atoms. The monoisotopic (exact) mass is 334 g/mol. The van der Waals surface area contributed by atoms with Crippen molar-refractivity contribution in [3.8, 4) is 0 Å². The quantitative estimate of drug-likeness (QED) is 0.665. The minimum absolute atomic E-state index is 0.0957. The van der Waals surface area contributed by atoms with Gasteiger partial charge in [0.1, 0.15) is 0 Å². The Labute approximate surface area is 135 Å². The zero-order chi connectivity index (χ0) is 17.2. The fourth-order valence-corrected chi connectivity index (χ4v) is 3.58. The van der Waals surface area contributed by atoms with Gasteiger partial charge >= 0.3 is 0 Å². The summed E-state index contributed by atoms with van der Waals surface area (Å²) in [5.41, 5.74) is 1.33. The van der Waals surface area contributed by atoms with Crippen LogP contribution in [0.25, 0.3) is 0 Å². The summed E-state index contributed by atoms with van der Waals surface area (Å²) in [6.45, 7) is 5.45. The number of rotatable bonds is 5. The highest BCUT2D eigenvalue weighted by Crippen LogP contribution is 2.27. The molecule has 1 N–H and O–H groups in total. The van der Waals surface area contributed by atoms with Crippen molar-refractivity contribution in [3.05, 3.63) is 63.7 Å². The first-order valence-corrected chi connectivity index (χ1v) is 8.57. The summed E-state index contributed by atoms with van der Waals surface area (Å²) in [5.74, 6) is 0.263. The lowest BCUT2D eigenvalue weighted by Crippen LogP contribution is -2.15. The molecule has 7 heteroatoms. The maximum absolute atomic E-state index is 12.5. The molecule has 0 saturated carbocycles. The number of hydrogen-bond acceptors (Lipinski definition) is 4. The van der Waals surface area contributed by atoms with Crippen molar-refractivity contribution in [2.45, 2.75) is 31.6 Å². The summed E-state index contributed by atoms with van der Waals surface area (Å²) < 4.78 is 27.6. The fraction of sp³-hybridized carbons (Fsp3) is 0.250. The van der Waals surface area contributed by atoms with E-state index >= 15 is 0 Å². The highest BCUT2D eigenvalue weighted by Gasteiger charge is 2.23. The smallest absolute Gasteiger partial charge is 0.273 e. The number of benzene rings is 2. The van der Waals surface area contributed by atoms with E-state index in [9.17, 15) is 18.5 Å². The number of sulfonamides is 1. The molecule has 6 nitrogen and oxygen atoms in total. The van der Waals surface area contributed by atoms with Crippen molar-refractivity contribution in [2.75, 3.05) is 4.72 Å². The molecule has 0 atom stereocenters. The van der Waals surface area contributed by atoms with Gasteiger partial charge in [0.05, 0.1) is 9.82 Å². The van der Waals surface area contributed by atoms with Gasteiger partial charge in [-0.25, -0.2) is 8.42 Å². The third kappa shape index (κ3) is 3.68. The molecule has 0 spiro atoms.